The fraction of sp³-hybridized carbons (Fsp3) is 0.0769. The van der Waals surface area contributed by atoms with E-state index in [-0.39, 0.29) is 10.6 Å². The molecule has 2 rings (SSSR count). The van der Waals surface area contributed by atoms with Crippen molar-refractivity contribution in [2.75, 3.05) is 0 Å². The second-order valence-corrected chi connectivity index (χ2v) is 6.90. The number of hydrogen-bond donors (Lipinski definition) is 0. The number of halogens is 3. The van der Waals surface area contributed by atoms with Gasteiger partial charge in [0.1, 0.15) is 11.6 Å². The predicted molar refractivity (Wildman–Crippen MR) is 71.4 cm³/mol. The lowest BCUT2D eigenvalue weighted by Crippen LogP contribution is -2.05. The standard InChI is InChI=1S/C13H9BrF2O2S/c14-10-4-9(5-12(16)6-10)8-19(17,18)13-3-1-2-11(15)7-13/h1-7H,8H2. The highest BCUT2D eigenvalue weighted by molar-refractivity contribution is 9.10. The minimum Gasteiger partial charge on any atom is -0.223 e. The zero-order chi connectivity index (χ0) is 14.0. The topological polar surface area (TPSA) is 34.1 Å². The number of hydrogen-bond acceptors (Lipinski definition) is 2. The van der Waals surface area contributed by atoms with E-state index < -0.39 is 21.5 Å². The highest BCUT2D eigenvalue weighted by Gasteiger charge is 2.16. The van der Waals surface area contributed by atoms with Crippen LogP contribution in [0.25, 0.3) is 0 Å². The van der Waals surface area contributed by atoms with Crippen LogP contribution in [0.4, 0.5) is 8.78 Å². The fourth-order valence-corrected chi connectivity index (χ4v) is 3.52. The third-order valence-corrected chi connectivity index (χ3v) is 4.58. The lowest BCUT2D eigenvalue weighted by Gasteiger charge is -2.05. The molecule has 2 nitrogen and oxygen atoms in total. The van der Waals surface area contributed by atoms with Crippen molar-refractivity contribution < 1.29 is 17.2 Å². The van der Waals surface area contributed by atoms with E-state index in [1.807, 2.05) is 0 Å². The summed E-state index contributed by atoms with van der Waals surface area (Å²) in [6, 6.07) is 8.64. The van der Waals surface area contributed by atoms with Crippen LogP contribution in [-0.2, 0) is 15.6 Å². The molecule has 0 atom stereocenters. The molecule has 0 saturated carbocycles. The SMILES string of the molecule is O=S(=O)(Cc1cc(F)cc(Br)c1)c1cccc(F)c1. The lowest BCUT2D eigenvalue weighted by atomic mass is 10.2. The zero-order valence-electron chi connectivity index (χ0n) is 9.61. The maximum Gasteiger partial charge on any atom is 0.182 e. The largest absolute Gasteiger partial charge is 0.223 e. The molecule has 0 bridgehead atoms. The second kappa shape index (κ2) is 5.38. The highest BCUT2D eigenvalue weighted by Crippen LogP contribution is 2.21. The molecule has 6 heteroatoms. The van der Waals surface area contributed by atoms with Crippen LogP contribution >= 0.6 is 15.9 Å². The Kier molecular flexibility index (Phi) is 4.01. The molecule has 0 N–H and O–H groups in total. The average Bonchev–Trinajstić information content (AvgIpc) is 2.26. The van der Waals surface area contributed by atoms with Crippen LogP contribution in [0.1, 0.15) is 5.56 Å². The Bertz CT molecular complexity index is 694. The Morgan fingerprint density at radius 3 is 2.37 bits per heavy atom. The van der Waals surface area contributed by atoms with Crippen molar-refractivity contribution in [2.45, 2.75) is 10.6 Å². The molecule has 0 aliphatic heterocycles. The molecule has 0 aliphatic carbocycles. The smallest absolute Gasteiger partial charge is 0.182 e. The molecule has 2 aromatic rings. The molecule has 0 radical (unpaired) electrons. The molecular weight excluding hydrogens is 338 g/mol. The van der Waals surface area contributed by atoms with Crippen LogP contribution in [0.5, 0.6) is 0 Å². The van der Waals surface area contributed by atoms with Gasteiger partial charge in [-0.05, 0) is 42.0 Å². The maximum absolute atomic E-state index is 13.2. The summed E-state index contributed by atoms with van der Waals surface area (Å²) in [5.74, 6) is -1.53. The van der Waals surface area contributed by atoms with Gasteiger partial charge in [-0.1, -0.05) is 22.0 Å². The van der Waals surface area contributed by atoms with Crippen molar-refractivity contribution in [1.29, 1.82) is 0 Å². The van der Waals surface area contributed by atoms with E-state index in [9.17, 15) is 17.2 Å². The van der Waals surface area contributed by atoms with Gasteiger partial charge >= 0.3 is 0 Å². The van der Waals surface area contributed by atoms with Gasteiger partial charge in [-0.2, -0.15) is 0 Å². The first-order chi connectivity index (χ1) is 8.87. The number of sulfone groups is 1. The molecule has 0 fully saturated rings. The first-order valence-corrected chi connectivity index (χ1v) is 7.75. The van der Waals surface area contributed by atoms with E-state index in [1.165, 1.54) is 24.3 Å². The van der Waals surface area contributed by atoms with Gasteiger partial charge in [0.15, 0.2) is 9.84 Å². The minimum absolute atomic E-state index is 0.118. The molecular formula is C13H9BrF2O2S. The molecule has 0 spiro atoms. The van der Waals surface area contributed by atoms with E-state index in [0.717, 1.165) is 18.2 Å². The predicted octanol–water partition coefficient (Wildman–Crippen LogP) is 3.70. The fourth-order valence-electron chi connectivity index (χ4n) is 1.66. The molecule has 0 unspecified atom stereocenters. The van der Waals surface area contributed by atoms with Crippen LogP contribution in [0, 0.1) is 11.6 Å². The number of rotatable bonds is 3. The van der Waals surface area contributed by atoms with Crippen molar-refractivity contribution in [3.63, 3.8) is 0 Å². The van der Waals surface area contributed by atoms with E-state index in [1.54, 1.807) is 0 Å². The van der Waals surface area contributed by atoms with Gasteiger partial charge in [-0.25, -0.2) is 17.2 Å². The van der Waals surface area contributed by atoms with Crippen LogP contribution < -0.4 is 0 Å². The molecule has 100 valence electrons. The minimum atomic E-state index is -3.70. The summed E-state index contributed by atoms with van der Waals surface area (Å²) < 4.78 is 50.8. The summed E-state index contributed by atoms with van der Waals surface area (Å²) in [5.41, 5.74) is 0.302. The highest BCUT2D eigenvalue weighted by atomic mass is 79.9. The molecule has 0 aliphatic rings. The molecule has 2 aromatic carbocycles. The van der Waals surface area contributed by atoms with Crippen molar-refractivity contribution in [3.05, 3.63) is 64.1 Å². The third-order valence-electron chi connectivity index (χ3n) is 2.43. The van der Waals surface area contributed by atoms with Crippen LogP contribution in [0.15, 0.2) is 51.8 Å². The Hall–Kier alpha value is -1.27. The summed E-state index contributed by atoms with van der Waals surface area (Å²) in [5, 5.41) is 0. The summed E-state index contributed by atoms with van der Waals surface area (Å²) in [4.78, 5) is -0.118. The lowest BCUT2D eigenvalue weighted by molar-refractivity contribution is 0.589. The summed E-state index contributed by atoms with van der Waals surface area (Å²) in [6.45, 7) is 0. The van der Waals surface area contributed by atoms with Crippen molar-refractivity contribution in [1.82, 2.24) is 0 Å². The average molecular weight is 347 g/mol. The normalized spacial score (nSPS) is 11.5. The molecule has 19 heavy (non-hydrogen) atoms. The van der Waals surface area contributed by atoms with Crippen LogP contribution in [-0.4, -0.2) is 8.42 Å². The Balaban J connectivity index is 2.36. The third kappa shape index (κ3) is 3.61. The van der Waals surface area contributed by atoms with E-state index in [2.05, 4.69) is 15.9 Å². The zero-order valence-corrected chi connectivity index (χ0v) is 12.0. The Labute approximate surface area is 118 Å². The van der Waals surface area contributed by atoms with Gasteiger partial charge in [0.2, 0.25) is 0 Å². The molecule has 0 aromatic heterocycles. The van der Waals surface area contributed by atoms with Gasteiger partial charge in [0.05, 0.1) is 10.6 Å². The molecule has 0 saturated heterocycles. The quantitative estimate of drug-likeness (QED) is 0.849. The molecule has 0 amide bonds. The summed E-state index contributed by atoms with van der Waals surface area (Å²) in [6.07, 6.45) is 0. The van der Waals surface area contributed by atoms with E-state index in [0.29, 0.717) is 10.0 Å². The van der Waals surface area contributed by atoms with Gasteiger partial charge < -0.3 is 0 Å². The summed E-state index contributed by atoms with van der Waals surface area (Å²) >= 11 is 3.09. The van der Waals surface area contributed by atoms with Crippen molar-refractivity contribution >= 4 is 25.8 Å². The van der Waals surface area contributed by atoms with Gasteiger partial charge in [-0.3, -0.25) is 0 Å². The first kappa shape index (κ1) is 14.1. The van der Waals surface area contributed by atoms with E-state index in [4.69, 9.17) is 0 Å². The second-order valence-electron chi connectivity index (χ2n) is 3.99. The van der Waals surface area contributed by atoms with Crippen LogP contribution in [0.2, 0.25) is 0 Å². The van der Waals surface area contributed by atoms with Crippen molar-refractivity contribution in [2.24, 2.45) is 0 Å². The maximum atomic E-state index is 13.2. The summed E-state index contributed by atoms with van der Waals surface area (Å²) in [7, 11) is -3.70. The number of benzene rings is 2. The van der Waals surface area contributed by atoms with Gasteiger partial charge in [-0.15, -0.1) is 0 Å². The van der Waals surface area contributed by atoms with Crippen molar-refractivity contribution in [3.8, 4) is 0 Å². The Morgan fingerprint density at radius 2 is 1.74 bits per heavy atom. The first-order valence-electron chi connectivity index (χ1n) is 5.30. The van der Waals surface area contributed by atoms with E-state index >= 15 is 0 Å². The monoisotopic (exact) mass is 346 g/mol. The van der Waals surface area contributed by atoms with Crippen LogP contribution in [0.3, 0.4) is 0 Å². The van der Waals surface area contributed by atoms with Gasteiger partial charge in [0.25, 0.3) is 0 Å². The Morgan fingerprint density at radius 1 is 1.00 bits per heavy atom. The van der Waals surface area contributed by atoms with Gasteiger partial charge in [0, 0.05) is 4.47 Å². The molecule has 0 heterocycles.